The molecule has 1 aliphatic rings. The zero-order valence-electron chi connectivity index (χ0n) is 11.2. The molecule has 1 aromatic carbocycles. The summed E-state index contributed by atoms with van der Waals surface area (Å²) in [5, 5.41) is 16.6. The fourth-order valence-corrected chi connectivity index (χ4v) is 2.36. The minimum atomic E-state index is -0.449. The summed E-state index contributed by atoms with van der Waals surface area (Å²) in [4.78, 5) is 11.9. The van der Waals surface area contributed by atoms with Crippen molar-refractivity contribution in [3.8, 4) is 11.8 Å². The highest BCUT2D eigenvalue weighted by molar-refractivity contribution is 6.32. The van der Waals surface area contributed by atoms with Crippen LogP contribution >= 0.6 is 11.6 Å². The Balaban J connectivity index is 1.70. The first-order valence-electron chi connectivity index (χ1n) is 6.64. The number of amides is 1. The Bertz CT molecular complexity index is 727. The van der Waals surface area contributed by atoms with E-state index >= 15 is 0 Å². The largest absolute Gasteiger partial charge is 0.309 e. The van der Waals surface area contributed by atoms with Gasteiger partial charge in [-0.2, -0.15) is 10.4 Å². The van der Waals surface area contributed by atoms with E-state index in [2.05, 4.69) is 16.5 Å². The minimum Gasteiger partial charge on any atom is -0.309 e. The van der Waals surface area contributed by atoms with Gasteiger partial charge in [-0.1, -0.05) is 23.7 Å². The van der Waals surface area contributed by atoms with E-state index in [9.17, 15) is 4.79 Å². The summed E-state index contributed by atoms with van der Waals surface area (Å²) in [5.74, 6) is 0.270. The summed E-state index contributed by atoms with van der Waals surface area (Å²) in [6.45, 7) is 0. The van der Waals surface area contributed by atoms with Crippen molar-refractivity contribution in [2.75, 3.05) is 5.32 Å². The second kappa shape index (κ2) is 5.23. The zero-order valence-corrected chi connectivity index (χ0v) is 12.0. The van der Waals surface area contributed by atoms with Crippen LogP contribution in [0, 0.1) is 16.7 Å². The quantitative estimate of drug-likeness (QED) is 0.943. The van der Waals surface area contributed by atoms with Gasteiger partial charge >= 0.3 is 0 Å². The number of nitriles is 1. The van der Waals surface area contributed by atoms with Gasteiger partial charge < -0.3 is 5.32 Å². The minimum absolute atomic E-state index is 0.182. The lowest BCUT2D eigenvalue weighted by molar-refractivity contribution is -0.117. The number of carbonyl (C=O) groups is 1. The van der Waals surface area contributed by atoms with Gasteiger partial charge in [0.05, 0.1) is 22.2 Å². The maximum atomic E-state index is 11.9. The van der Waals surface area contributed by atoms with Crippen LogP contribution in [-0.2, 0) is 4.79 Å². The van der Waals surface area contributed by atoms with Crippen LogP contribution in [0.1, 0.15) is 19.3 Å². The van der Waals surface area contributed by atoms with Gasteiger partial charge in [0.2, 0.25) is 5.91 Å². The number of nitrogens with one attached hydrogen (secondary N) is 1. The Kier molecular flexibility index (Phi) is 3.40. The Hall–Kier alpha value is -2.32. The van der Waals surface area contributed by atoms with Crippen molar-refractivity contribution >= 4 is 23.3 Å². The molecule has 3 rings (SSSR count). The van der Waals surface area contributed by atoms with Crippen LogP contribution in [-0.4, -0.2) is 15.7 Å². The molecule has 0 bridgehead atoms. The molecule has 0 atom stereocenters. The van der Waals surface area contributed by atoms with Crippen molar-refractivity contribution in [1.82, 2.24) is 9.78 Å². The molecule has 1 aromatic heterocycles. The van der Waals surface area contributed by atoms with Crippen LogP contribution < -0.4 is 5.32 Å². The van der Waals surface area contributed by atoms with Gasteiger partial charge in [-0.25, -0.2) is 4.68 Å². The predicted octanol–water partition coefficient (Wildman–Crippen LogP) is 3.16. The molecule has 0 radical (unpaired) electrons. The molecule has 1 fully saturated rings. The van der Waals surface area contributed by atoms with Gasteiger partial charge in [-0.05, 0) is 25.0 Å². The van der Waals surface area contributed by atoms with Crippen molar-refractivity contribution in [1.29, 1.82) is 5.26 Å². The highest BCUT2D eigenvalue weighted by atomic mass is 35.5. The number of rotatable bonds is 4. The first kappa shape index (κ1) is 13.7. The molecule has 0 saturated heterocycles. The van der Waals surface area contributed by atoms with Crippen molar-refractivity contribution in [2.45, 2.75) is 19.3 Å². The van der Waals surface area contributed by atoms with Gasteiger partial charge in [-0.15, -0.1) is 0 Å². The Morgan fingerprint density at radius 3 is 2.86 bits per heavy atom. The number of carbonyl (C=O) groups excluding carboxylic acids is 1. The number of hydrogen-bond acceptors (Lipinski definition) is 3. The van der Waals surface area contributed by atoms with Crippen LogP contribution in [0.25, 0.3) is 5.69 Å². The van der Waals surface area contributed by atoms with Crippen molar-refractivity contribution in [2.24, 2.45) is 5.41 Å². The second-order valence-electron chi connectivity index (χ2n) is 5.21. The summed E-state index contributed by atoms with van der Waals surface area (Å²) in [7, 11) is 0. The third-order valence-electron chi connectivity index (χ3n) is 3.55. The first-order valence-corrected chi connectivity index (χ1v) is 7.01. The lowest BCUT2D eigenvalue weighted by atomic mass is 10.0. The fourth-order valence-electron chi connectivity index (χ4n) is 2.14. The second-order valence-corrected chi connectivity index (χ2v) is 5.62. The number of benzene rings is 1. The van der Waals surface area contributed by atoms with Crippen LogP contribution in [0.4, 0.5) is 5.82 Å². The molecule has 0 unspecified atom stereocenters. The van der Waals surface area contributed by atoms with Crippen LogP contribution in [0.15, 0.2) is 36.5 Å². The lowest BCUT2D eigenvalue weighted by Crippen LogP contribution is -2.16. The SMILES string of the molecule is N#CC1(CC(=O)Nc2ccn(-c3ccccc3Cl)n2)CC1. The molecule has 106 valence electrons. The maximum Gasteiger partial charge on any atom is 0.227 e. The molecule has 1 amide bonds. The van der Waals surface area contributed by atoms with E-state index in [4.69, 9.17) is 16.9 Å². The summed E-state index contributed by atoms with van der Waals surface area (Å²) in [6.07, 6.45) is 3.55. The molecule has 1 N–H and O–H groups in total. The molecular formula is C15H13ClN4O. The van der Waals surface area contributed by atoms with Crippen molar-refractivity contribution in [3.05, 3.63) is 41.6 Å². The van der Waals surface area contributed by atoms with Gasteiger partial charge in [0.25, 0.3) is 0 Å². The molecule has 2 aromatic rings. The highest BCUT2D eigenvalue weighted by Crippen LogP contribution is 2.48. The average Bonchev–Trinajstić information content (AvgIpc) is 3.09. The Labute approximate surface area is 127 Å². The first-order chi connectivity index (χ1) is 10.1. The molecule has 0 aliphatic heterocycles. The summed E-state index contributed by atoms with van der Waals surface area (Å²) >= 11 is 6.10. The van der Waals surface area contributed by atoms with Gasteiger partial charge in [0.1, 0.15) is 0 Å². The summed E-state index contributed by atoms with van der Waals surface area (Å²) in [5.41, 5.74) is 0.297. The average molecular weight is 301 g/mol. The number of hydrogen-bond donors (Lipinski definition) is 1. The van der Waals surface area contributed by atoms with E-state index in [1.54, 1.807) is 23.0 Å². The van der Waals surface area contributed by atoms with E-state index in [-0.39, 0.29) is 12.3 Å². The Morgan fingerprint density at radius 1 is 1.43 bits per heavy atom. The van der Waals surface area contributed by atoms with E-state index < -0.39 is 5.41 Å². The molecule has 1 saturated carbocycles. The third-order valence-corrected chi connectivity index (χ3v) is 3.87. The topological polar surface area (TPSA) is 70.7 Å². The molecule has 6 heteroatoms. The van der Waals surface area contributed by atoms with Gasteiger partial charge in [0, 0.05) is 18.7 Å². The molecule has 1 heterocycles. The van der Waals surface area contributed by atoms with Gasteiger partial charge in [0.15, 0.2) is 5.82 Å². The van der Waals surface area contributed by atoms with E-state index in [1.165, 1.54) is 0 Å². The smallest absolute Gasteiger partial charge is 0.227 e. The molecular weight excluding hydrogens is 288 g/mol. The highest BCUT2D eigenvalue weighted by Gasteiger charge is 2.44. The molecule has 21 heavy (non-hydrogen) atoms. The monoisotopic (exact) mass is 300 g/mol. The molecule has 5 nitrogen and oxygen atoms in total. The molecule has 1 aliphatic carbocycles. The van der Waals surface area contributed by atoms with E-state index in [0.29, 0.717) is 10.8 Å². The number of para-hydroxylation sites is 1. The number of aromatic nitrogens is 2. The van der Waals surface area contributed by atoms with E-state index in [1.807, 2.05) is 18.2 Å². The number of anilines is 1. The normalized spacial score (nSPS) is 15.2. The van der Waals surface area contributed by atoms with Gasteiger partial charge in [-0.3, -0.25) is 4.79 Å². The maximum absolute atomic E-state index is 11.9. The predicted molar refractivity (Wildman–Crippen MR) is 79.1 cm³/mol. The summed E-state index contributed by atoms with van der Waals surface area (Å²) < 4.78 is 1.61. The molecule has 0 spiro atoms. The lowest BCUT2D eigenvalue weighted by Gasteiger charge is -2.05. The van der Waals surface area contributed by atoms with Crippen LogP contribution in [0.2, 0.25) is 5.02 Å². The number of halogens is 1. The Morgan fingerprint density at radius 2 is 2.19 bits per heavy atom. The van der Waals surface area contributed by atoms with Crippen LogP contribution in [0.5, 0.6) is 0 Å². The third kappa shape index (κ3) is 2.91. The fraction of sp³-hybridized carbons (Fsp3) is 0.267. The van der Waals surface area contributed by atoms with Crippen molar-refractivity contribution < 1.29 is 4.79 Å². The number of nitrogens with zero attached hydrogens (tertiary/aromatic N) is 3. The van der Waals surface area contributed by atoms with E-state index in [0.717, 1.165) is 18.5 Å². The van der Waals surface area contributed by atoms with Crippen molar-refractivity contribution in [3.63, 3.8) is 0 Å². The van der Waals surface area contributed by atoms with Crippen LogP contribution in [0.3, 0.4) is 0 Å². The summed E-state index contributed by atoms with van der Waals surface area (Å²) in [6, 6.07) is 11.2. The zero-order chi connectivity index (χ0) is 14.9. The standard InChI is InChI=1S/C15H13ClN4O/c16-11-3-1-2-4-12(11)20-8-5-13(19-20)18-14(21)9-15(10-17)6-7-15/h1-5,8H,6-7,9H2,(H,18,19,21).